The largest absolute Gasteiger partial charge is 0.490 e. The van der Waals surface area contributed by atoms with E-state index in [1.807, 2.05) is 57.2 Å². The number of anilines is 2. The summed E-state index contributed by atoms with van der Waals surface area (Å²) in [6.07, 6.45) is 0. The van der Waals surface area contributed by atoms with Gasteiger partial charge >= 0.3 is 0 Å². The second-order valence-electron chi connectivity index (χ2n) is 7.83. The van der Waals surface area contributed by atoms with Gasteiger partial charge in [-0.05, 0) is 60.5 Å². The van der Waals surface area contributed by atoms with Gasteiger partial charge in [-0.2, -0.15) is 0 Å². The number of ether oxygens (including phenoxy) is 2. The lowest BCUT2D eigenvalue weighted by Crippen LogP contribution is -2.17. The summed E-state index contributed by atoms with van der Waals surface area (Å²) in [5, 5.41) is 6.67. The molecule has 0 atom stereocenters. The Morgan fingerprint density at radius 3 is 2.42 bits per heavy atom. The molecular formula is C26H28ClFN2O3. The summed E-state index contributed by atoms with van der Waals surface area (Å²) in [5.41, 5.74) is 3.33. The first-order valence-corrected chi connectivity index (χ1v) is 11.2. The van der Waals surface area contributed by atoms with Gasteiger partial charge in [-0.15, -0.1) is 0 Å². The molecule has 1 amide bonds. The van der Waals surface area contributed by atoms with Gasteiger partial charge in [0.1, 0.15) is 12.4 Å². The van der Waals surface area contributed by atoms with Crippen molar-refractivity contribution in [2.24, 2.45) is 5.92 Å². The van der Waals surface area contributed by atoms with Crippen LogP contribution < -0.4 is 20.1 Å². The number of carbonyl (C=O) groups is 1. The maximum atomic E-state index is 13.1. The molecule has 0 bridgehead atoms. The molecule has 0 aliphatic heterocycles. The van der Waals surface area contributed by atoms with Crippen LogP contribution in [0.15, 0.2) is 60.7 Å². The first-order valence-electron chi connectivity index (χ1n) is 10.8. The highest BCUT2D eigenvalue weighted by molar-refractivity contribution is 6.32. The monoisotopic (exact) mass is 470 g/mol. The van der Waals surface area contributed by atoms with E-state index in [9.17, 15) is 9.18 Å². The number of halogens is 2. The predicted octanol–water partition coefficient (Wildman–Crippen LogP) is 6.66. The highest BCUT2D eigenvalue weighted by atomic mass is 35.5. The van der Waals surface area contributed by atoms with Crippen LogP contribution in [0.2, 0.25) is 5.02 Å². The standard InChI is InChI=1S/C26H28ClFN2O3/c1-4-32-24-13-19(12-23(27)25(24)33-16-18-8-10-20(28)11-9-18)15-29-21-6-5-7-22(14-21)30-26(31)17(2)3/h5-14,17,29H,4,15-16H2,1-3H3,(H,30,31). The quantitative estimate of drug-likeness (QED) is 0.347. The van der Waals surface area contributed by atoms with Crippen molar-refractivity contribution in [1.82, 2.24) is 0 Å². The summed E-state index contributed by atoms with van der Waals surface area (Å²) < 4.78 is 24.8. The third-order valence-electron chi connectivity index (χ3n) is 4.82. The lowest BCUT2D eigenvalue weighted by atomic mass is 10.1. The summed E-state index contributed by atoms with van der Waals surface area (Å²) in [4.78, 5) is 11.9. The minimum atomic E-state index is -0.295. The van der Waals surface area contributed by atoms with Crippen LogP contribution in [-0.4, -0.2) is 12.5 Å². The average molecular weight is 471 g/mol. The third-order valence-corrected chi connectivity index (χ3v) is 5.10. The van der Waals surface area contributed by atoms with Crippen LogP contribution in [0.3, 0.4) is 0 Å². The van der Waals surface area contributed by atoms with Crippen molar-refractivity contribution in [1.29, 1.82) is 0 Å². The van der Waals surface area contributed by atoms with E-state index in [2.05, 4.69) is 10.6 Å². The van der Waals surface area contributed by atoms with Crippen LogP contribution in [-0.2, 0) is 17.9 Å². The summed E-state index contributed by atoms with van der Waals surface area (Å²) >= 11 is 6.52. The van der Waals surface area contributed by atoms with Crippen LogP contribution >= 0.6 is 11.6 Å². The van der Waals surface area contributed by atoms with Gasteiger partial charge in [0, 0.05) is 23.8 Å². The number of benzene rings is 3. The molecule has 0 spiro atoms. The van der Waals surface area contributed by atoms with E-state index in [-0.39, 0.29) is 24.2 Å². The van der Waals surface area contributed by atoms with Crippen LogP contribution in [0.5, 0.6) is 11.5 Å². The Hall–Kier alpha value is -3.25. The van der Waals surface area contributed by atoms with Crippen molar-refractivity contribution in [3.8, 4) is 11.5 Å². The Kier molecular flexibility index (Phi) is 8.55. The normalized spacial score (nSPS) is 10.7. The maximum Gasteiger partial charge on any atom is 0.226 e. The SMILES string of the molecule is CCOc1cc(CNc2cccc(NC(=O)C(C)C)c2)cc(Cl)c1OCc1ccc(F)cc1. The van der Waals surface area contributed by atoms with E-state index >= 15 is 0 Å². The second-order valence-corrected chi connectivity index (χ2v) is 8.24. The fraction of sp³-hybridized carbons (Fsp3) is 0.269. The van der Waals surface area contributed by atoms with Crippen molar-refractivity contribution in [2.45, 2.75) is 33.9 Å². The number of amides is 1. The number of rotatable bonds is 10. The van der Waals surface area contributed by atoms with Gasteiger partial charge in [0.15, 0.2) is 11.5 Å². The molecule has 0 aliphatic rings. The Bertz CT molecular complexity index is 1090. The zero-order valence-corrected chi connectivity index (χ0v) is 19.7. The van der Waals surface area contributed by atoms with Gasteiger partial charge < -0.3 is 20.1 Å². The van der Waals surface area contributed by atoms with Gasteiger partial charge in [-0.1, -0.05) is 43.6 Å². The molecule has 0 saturated heterocycles. The van der Waals surface area contributed by atoms with Crippen molar-refractivity contribution in [3.05, 3.63) is 82.6 Å². The summed E-state index contributed by atoms with van der Waals surface area (Å²) in [7, 11) is 0. The van der Waals surface area contributed by atoms with Crippen LogP contribution in [0.25, 0.3) is 0 Å². The molecular weight excluding hydrogens is 443 g/mol. The first kappa shape index (κ1) is 24.4. The Labute approximate surface area is 198 Å². The van der Waals surface area contributed by atoms with Gasteiger partial charge in [0.25, 0.3) is 0 Å². The molecule has 0 aromatic heterocycles. The van der Waals surface area contributed by atoms with Crippen molar-refractivity contribution in [3.63, 3.8) is 0 Å². The fourth-order valence-electron chi connectivity index (χ4n) is 3.06. The maximum absolute atomic E-state index is 13.1. The minimum absolute atomic E-state index is 0.0310. The van der Waals surface area contributed by atoms with E-state index in [0.717, 1.165) is 22.5 Å². The van der Waals surface area contributed by atoms with Crippen molar-refractivity contribution >= 4 is 28.9 Å². The molecule has 7 heteroatoms. The number of hydrogen-bond donors (Lipinski definition) is 2. The molecule has 0 fully saturated rings. The molecule has 0 aliphatic carbocycles. The van der Waals surface area contributed by atoms with Gasteiger partial charge in [0.2, 0.25) is 5.91 Å². The van der Waals surface area contributed by atoms with Gasteiger partial charge in [-0.25, -0.2) is 4.39 Å². The molecule has 0 saturated carbocycles. The van der Waals surface area contributed by atoms with Crippen molar-refractivity contribution in [2.75, 3.05) is 17.2 Å². The van der Waals surface area contributed by atoms with E-state index in [1.165, 1.54) is 12.1 Å². The number of nitrogens with one attached hydrogen (secondary N) is 2. The summed E-state index contributed by atoms with van der Waals surface area (Å²) in [6, 6.07) is 17.4. The van der Waals surface area contributed by atoms with Gasteiger partial charge in [0.05, 0.1) is 11.6 Å². The third kappa shape index (κ3) is 7.12. The molecule has 5 nitrogen and oxygen atoms in total. The Balaban J connectivity index is 1.70. The molecule has 0 radical (unpaired) electrons. The van der Waals surface area contributed by atoms with E-state index < -0.39 is 0 Å². The molecule has 3 rings (SSSR count). The first-order chi connectivity index (χ1) is 15.9. The smallest absolute Gasteiger partial charge is 0.226 e. The zero-order chi connectivity index (χ0) is 23.8. The molecule has 33 heavy (non-hydrogen) atoms. The van der Waals surface area contributed by atoms with E-state index in [1.54, 1.807) is 12.1 Å². The minimum Gasteiger partial charge on any atom is -0.490 e. The topological polar surface area (TPSA) is 59.6 Å². The lowest BCUT2D eigenvalue weighted by molar-refractivity contribution is -0.118. The van der Waals surface area contributed by atoms with Crippen LogP contribution in [0.4, 0.5) is 15.8 Å². The van der Waals surface area contributed by atoms with Crippen LogP contribution in [0.1, 0.15) is 31.9 Å². The molecule has 3 aromatic rings. The van der Waals surface area contributed by atoms with Gasteiger partial charge in [-0.3, -0.25) is 4.79 Å². The molecule has 2 N–H and O–H groups in total. The van der Waals surface area contributed by atoms with E-state index in [4.69, 9.17) is 21.1 Å². The number of hydrogen-bond acceptors (Lipinski definition) is 4. The lowest BCUT2D eigenvalue weighted by Gasteiger charge is -2.16. The second kappa shape index (κ2) is 11.6. The predicted molar refractivity (Wildman–Crippen MR) is 131 cm³/mol. The van der Waals surface area contributed by atoms with Crippen molar-refractivity contribution < 1.29 is 18.7 Å². The van der Waals surface area contributed by atoms with Crippen LogP contribution in [0, 0.1) is 11.7 Å². The summed E-state index contributed by atoms with van der Waals surface area (Å²) in [5.74, 6) is 0.573. The van der Waals surface area contributed by atoms with E-state index in [0.29, 0.717) is 29.7 Å². The molecule has 3 aromatic carbocycles. The molecule has 0 unspecified atom stereocenters. The highest BCUT2D eigenvalue weighted by Gasteiger charge is 2.14. The molecule has 174 valence electrons. The number of carbonyl (C=O) groups excluding carboxylic acids is 1. The Morgan fingerprint density at radius 2 is 1.73 bits per heavy atom. The highest BCUT2D eigenvalue weighted by Crippen LogP contribution is 2.37. The summed E-state index contributed by atoms with van der Waals surface area (Å²) in [6.45, 7) is 6.79. The molecule has 0 heterocycles. The Morgan fingerprint density at radius 1 is 1.00 bits per heavy atom. The average Bonchev–Trinajstić information content (AvgIpc) is 2.78. The fourth-order valence-corrected chi connectivity index (χ4v) is 3.35. The zero-order valence-electron chi connectivity index (χ0n) is 19.0.